The minimum absolute atomic E-state index is 0.136. The number of hydrogen-bond donors (Lipinski definition) is 2. The van der Waals surface area contributed by atoms with Crippen molar-refractivity contribution in [2.24, 2.45) is 0 Å². The van der Waals surface area contributed by atoms with Crippen molar-refractivity contribution < 1.29 is 13.2 Å². The molecule has 1 amide bonds. The number of nitrogens with two attached hydrogens (primary N) is 1. The van der Waals surface area contributed by atoms with Crippen LogP contribution in [0.3, 0.4) is 0 Å². The van der Waals surface area contributed by atoms with Gasteiger partial charge in [0.15, 0.2) is 0 Å². The lowest BCUT2D eigenvalue weighted by molar-refractivity contribution is 0.0985. The first-order valence-corrected chi connectivity index (χ1v) is 10.4. The van der Waals surface area contributed by atoms with Crippen molar-refractivity contribution in [2.75, 3.05) is 17.2 Å². The zero-order valence-electron chi connectivity index (χ0n) is 15.8. The number of benzene rings is 2. The number of anilines is 2. The summed E-state index contributed by atoms with van der Waals surface area (Å²) in [5, 5.41) is 0. The molecule has 0 aliphatic carbocycles. The van der Waals surface area contributed by atoms with Crippen LogP contribution in [0, 0.1) is 0 Å². The molecular weight excluding hydrogens is 362 g/mol. The molecule has 7 heteroatoms. The molecule has 0 saturated heterocycles. The van der Waals surface area contributed by atoms with E-state index in [1.165, 1.54) is 12.1 Å². The van der Waals surface area contributed by atoms with Crippen molar-refractivity contribution in [3.05, 3.63) is 53.6 Å². The zero-order chi connectivity index (χ0) is 19.8. The molecule has 6 nitrogen and oxygen atoms in total. The van der Waals surface area contributed by atoms with Crippen LogP contribution >= 0.6 is 0 Å². The Morgan fingerprint density at radius 3 is 2.41 bits per heavy atom. The molecular formula is C20H25N3O3S. The number of carbonyl (C=O) groups is 1. The number of rotatable bonds is 3. The fourth-order valence-corrected chi connectivity index (χ4v) is 4.68. The molecule has 1 aliphatic heterocycles. The minimum atomic E-state index is -3.63. The Bertz CT molecular complexity index is 961. The average molecular weight is 388 g/mol. The van der Waals surface area contributed by atoms with Crippen LogP contribution in [0.1, 0.15) is 43.1 Å². The van der Waals surface area contributed by atoms with Gasteiger partial charge in [-0.05, 0) is 75.6 Å². The number of sulfonamides is 1. The van der Waals surface area contributed by atoms with Crippen LogP contribution in [0.25, 0.3) is 0 Å². The standard InChI is InChI=1S/C20H25N3O3S/c1-20(2,3)22-27(25,26)15-11-9-14(10-12-15)19(24)23-13-5-6-16-17(21)7-4-8-18(16)23/h4,7-12,22H,5-6,13,21H2,1-3H3. The highest BCUT2D eigenvalue weighted by Crippen LogP contribution is 2.32. The number of hydrogen-bond acceptors (Lipinski definition) is 4. The van der Waals surface area contributed by atoms with Crippen molar-refractivity contribution >= 4 is 27.3 Å². The highest BCUT2D eigenvalue weighted by Gasteiger charge is 2.26. The Morgan fingerprint density at radius 1 is 1.11 bits per heavy atom. The Balaban J connectivity index is 1.87. The van der Waals surface area contributed by atoms with Gasteiger partial charge in [0.05, 0.1) is 4.90 Å². The lowest BCUT2D eigenvalue weighted by Crippen LogP contribution is -2.40. The van der Waals surface area contributed by atoms with Crippen LogP contribution in [0.15, 0.2) is 47.4 Å². The third kappa shape index (κ3) is 4.14. The van der Waals surface area contributed by atoms with Crippen LogP contribution < -0.4 is 15.4 Å². The van der Waals surface area contributed by atoms with Gasteiger partial charge in [0.25, 0.3) is 5.91 Å². The lowest BCUT2D eigenvalue weighted by Gasteiger charge is -2.30. The van der Waals surface area contributed by atoms with Gasteiger partial charge in [0, 0.05) is 29.0 Å². The SMILES string of the molecule is CC(C)(C)NS(=O)(=O)c1ccc(C(=O)N2CCCc3c(N)cccc32)cc1. The summed E-state index contributed by atoms with van der Waals surface area (Å²) in [6, 6.07) is 11.6. The maximum Gasteiger partial charge on any atom is 0.258 e. The third-order valence-corrected chi connectivity index (χ3v) is 6.16. The van der Waals surface area contributed by atoms with Crippen molar-refractivity contribution in [2.45, 2.75) is 44.0 Å². The first-order valence-electron chi connectivity index (χ1n) is 8.92. The van der Waals surface area contributed by atoms with Crippen LogP contribution in [0.5, 0.6) is 0 Å². The summed E-state index contributed by atoms with van der Waals surface area (Å²) in [5.41, 5.74) is 8.43. The van der Waals surface area contributed by atoms with E-state index in [2.05, 4.69) is 4.72 Å². The molecule has 0 unspecified atom stereocenters. The quantitative estimate of drug-likeness (QED) is 0.792. The van der Waals surface area contributed by atoms with Gasteiger partial charge in [-0.3, -0.25) is 4.79 Å². The summed E-state index contributed by atoms with van der Waals surface area (Å²) < 4.78 is 27.4. The number of carbonyl (C=O) groups excluding carboxylic acids is 1. The fourth-order valence-electron chi connectivity index (χ4n) is 3.26. The minimum Gasteiger partial charge on any atom is -0.398 e. The summed E-state index contributed by atoms with van der Waals surface area (Å²) in [5.74, 6) is -0.158. The second-order valence-corrected chi connectivity index (χ2v) is 9.47. The van der Waals surface area contributed by atoms with E-state index < -0.39 is 15.6 Å². The molecule has 2 aromatic carbocycles. The Hall–Kier alpha value is -2.38. The van der Waals surface area contributed by atoms with Gasteiger partial charge in [0.1, 0.15) is 0 Å². The highest BCUT2D eigenvalue weighted by molar-refractivity contribution is 7.89. The first-order chi connectivity index (χ1) is 12.6. The molecule has 0 atom stereocenters. The van der Waals surface area contributed by atoms with Crippen molar-refractivity contribution in [3.8, 4) is 0 Å². The monoisotopic (exact) mass is 387 g/mol. The molecule has 2 aromatic rings. The third-order valence-electron chi connectivity index (χ3n) is 4.38. The molecule has 1 heterocycles. The van der Waals surface area contributed by atoms with Gasteiger partial charge in [-0.15, -0.1) is 0 Å². The zero-order valence-corrected chi connectivity index (χ0v) is 16.6. The van der Waals surface area contributed by atoms with Crippen LogP contribution in [-0.4, -0.2) is 26.4 Å². The van der Waals surface area contributed by atoms with Crippen LogP contribution in [0.4, 0.5) is 11.4 Å². The van der Waals surface area contributed by atoms with Crippen molar-refractivity contribution in [1.82, 2.24) is 4.72 Å². The van der Waals surface area contributed by atoms with Gasteiger partial charge in [0.2, 0.25) is 10.0 Å². The number of amides is 1. The Morgan fingerprint density at radius 2 is 1.78 bits per heavy atom. The second kappa shape index (κ2) is 6.98. The first kappa shape index (κ1) is 19.4. The van der Waals surface area contributed by atoms with E-state index in [0.29, 0.717) is 17.8 Å². The lowest BCUT2D eigenvalue weighted by atomic mass is 9.99. The van der Waals surface area contributed by atoms with Gasteiger partial charge >= 0.3 is 0 Å². The van der Waals surface area contributed by atoms with Gasteiger partial charge in [-0.2, -0.15) is 0 Å². The normalized spacial score (nSPS) is 14.7. The predicted molar refractivity (Wildman–Crippen MR) is 107 cm³/mol. The summed E-state index contributed by atoms with van der Waals surface area (Å²) in [7, 11) is -3.63. The second-order valence-electron chi connectivity index (χ2n) is 7.79. The molecule has 0 fully saturated rings. The van der Waals surface area contributed by atoms with E-state index in [1.807, 2.05) is 18.2 Å². The number of fused-ring (bicyclic) bond motifs is 1. The summed E-state index contributed by atoms with van der Waals surface area (Å²) in [4.78, 5) is 14.8. The fraction of sp³-hybridized carbons (Fsp3) is 0.350. The van der Waals surface area contributed by atoms with E-state index in [-0.39, 0.29) is 10.8 Å². The molecule has 3 rings (SSSR count). The highest BCUT2D eigenvalue weighted by atomic mass is 32.2. The Labute approximate surface area is 160 Å². The number of nitrogens with one attached hydrogen (secondary N) is 1. The van der Waals surface area contributed by atoms with Crippen molar-refractivity contribution in [3.63, 3.8) is 0 Å². The molecule has 144 valence electrons. The van der Waals surface area contributed by atoms with Gasteiger partial charge in [-0.1, -0.05) is 6.07 Å². The van der Waals surface area contributed by atoms with Crippen LogP contribution in [0.2, 0.25) is 0 Å². The maximum absolute atomic E-state index is 13.0. The topological polar surface area (TPSA) is 92.5 Å². The largest absolute Gasteiger partial charge is 0.398 e. The molecule has 0 saturated carbocycles. The predicted octanol–water partition coefficient (Wildman–Crippen LogP) is 2.94. The number of nitrogens with zero attached hydrogens (tertiary/aromatic N) is 1. The molecule has 0 aromatic heterocycles. The van der Waals surface area contributed by atoms with Gasteiger partial charge in [-0.25, -0.2) is 13.1 Å². The summed E-state index contributed by atoms with van der Waals surface area (Å²) in [6.07, 6.45) is 1.69. The molecule has 0 radical (unpaired) electrons. The average Bonchev–Trinajstić information content (AvgIpc) is 2.59. The van der Waals surface area contributed by atoms with Crippen molar-refractivity contribution in [1.29, 1.82) is 0 Å². The van der Waals surface area contributed by atoms with E-state index in [9.17, 15) is 13.2 Å². The van der Waals surface area contributed by atoms with E-state index >= 15 is 0 Å². The number of nitrogen functional groups attached to an aromatic ring is 1. The smallest absolute Gasteiger partial charge is 0.258 e. The molecule has 0 spiro atoms. The summed E-state index contributed by atoms with van der Waals surface area (Å²) >= 11 is 0. The molecule has 3 N–H and O–H groups in total. The molecule has 27 heavy (non-hydrogen) atoms. The summed E-state index contributed by atoms with van der Waals surface area (Å²) in [6.45, 7) is 5.95. The molecule has 0 bridgehead atoms. The van der Waals surface area contributed by atoms with E-state index in [0.717, 1.165) is 24.1 Å². The van der Waals surface area contributed by atoms with Crippen LogP contribution in [-0.2, 0) is 16.4 Å². The maximum atomic E-state index is 13.0. The Kier molecular flexibility index (Phi) is 5.01. The molecule has 1 aliphatic rings. The van der Waals surface area contributed by atoms with E-state index in [1.54, 1.807) is 37.8 Å². The van der Waals surface area contributed by atoms with Gasteiger partial charge < -0.3 is 10.6 Å². The van der Waals surface area contributed by atoms with E-state index in [4.69, 9.17) is 5.73 Å².